The number of aromatic nitrogens is 1. The van der Waals surface area contributed by atoms with Gasteiger partial charge < -0.3 is 10.6 Å². The molecule has 2 N–H and O–H groups in total. The molecule has 0 aliphatic rings. The summed E-state index contributed by atoms with van der Waals surface area (Å²) in [6.45, 7) is 3.80. The molecule has 5 heteroatoms. The number of amides is 2. The average Bonchev–Trinajstić information content (AvgIpc) is 2.60. The van der Waals surface area contributed by atoms with E-state index in [2.05, 4.69) is 15.6 Å². The van der Waals surface area contributed by atoms with Gasteiger partial charge in [0, 0.05) is 24.9 Å². The first kappa shape index (κ1) is 18.6. The van der Waals surface area contributed by atoms with Crippen LogP contribution < -0.4 is 10.6 Å². The zero-order valence-corrected chi connectivity index (χ0v) is 14.7. The summed E-state index contributed by atoms with van der Waals surface area (Å²) < 4.78 is 0. The number of nitrogens with one attached hydrogen (secondary N) is 2. The van der Waals surface area contributed by atoms with Crippen molar-refractivity contribution in [2.24, 2.45) is 0 Å². The monoisotopic (exact) mass is 339 g/mol. The number of aryl methyl sites for hydroxylation is 1. The minimum absolute atomic E-state index is 0.0150. The van der Waals surface area contributed by atoms with Crippen molar-refractivity contribution in [2.45, 2.75) is 45.2 Å². The van der Waals surface area contributed by atoms with Crippen LogP contribution in [0.2, 0.25) is 0 Å². The maximum atomic E-state index is 12.5. The maximum absolute atomic E-state index is 12.5. The molecule has 1 aromatic carbocycles. The number of hydrogen-bond donors (Lipinski definition) is 2. The van der Waals surface area contributed by atoms with Crippen molar-refractivity contribution >= 4 is 11.8 Å². The molecule has 0 saturated carbocycles. The van der Waals surface area contributed by atoms with E-state index in [1.807, 2.05) is 56.3 Å². The molecular weight excluding hydrogens is 314 g/mol. The molecule has 1 heterocycles. The van der Waals surface area contributed by atoms with Gasteiger partial charge in [-0.3, -0.25) is 14.6 Å². The van der Waals surface area contributed by atoms with Gasteiger partial charge in [0.1, 0.15) is 6.04 Å². The van der Waals surface area contributed by atoms with E-state index in [4.69, 9.17) is 0 Å². The Hall–Kier alpha value is -2.69. The molecule has 132 valence electrons. The first-order valence-corrected chi connectivity index (χ1v) is 8.60. The van der Waals surface area contributed by atoms with Crippen LogP contribution in [0.3, 0.4) is 0 Å². The Balaban J connectivity index is 1.93. The number of carbonyl (C=O) groups is 2. The predicted octanol–water partition coefficient (Wildman–Crippen LogP) is 2.79. The molecule has 0 radical (unpaired) electrons. The van der Waals surface area contributed by atoms with Crippen LogP contribution in [0.5, 0.6) is 0 Å². The molecule has 0 bridgehead atoms. The van der Waals surface area contributed by atoms with Crippen molar-refractivity contribution in [2.75, 3.05) is 0 Å². The lowest BCUT2D eigenvalue weighted by Crippen LogP contribution is -2.42. The van der Waals surface area contributed by atoms with E-state index in [1.54, 1.807) is 12.4 Å². The highest BCUT2D eigenvalue weighted by molar-refractivity contribution is 5.88. The number of hydrogen-bond acceptors (Lipinski definition) is 3. The zero-order chi connectivity index (χ0) is 18.1. The predicted molar refractivity (Wildman–Crippen MR) is 97.8 cm³/mol. The number of pyridine rings is 1. The fourth-order valence-corrected chi connectivity index (χ4v) is 2.55. The largest absolute Gasteiger partial charge is 0.352 e. The van der Waals surface area contributed by atoms with E-state index in [0.717, 1.165) is 17.5 Å². The lowest BCUT2D eigenvalue weighted by Gasteiger charge is -2.20. The van der Waals surface area contributed by atoms with Gasteiger partial charge in [-0.25, -0.2) is 0 Å². The summed E-state index contributed by atoms with van der Waals surface area (Å²) in [5.41, 5.74) is 1.88. The van der Waals surface area contributed by atoms with E-state index < -0.39 is 6.04 Å². The fraction of sp³-hybridized carbons (Fsp3) is 0.350. The number of nitrogens with zero attached hydrogens (tertiary/aromatic N) is 1. The van der Waals surface area contributed by atoms with E-state index >= 15 is 0 Å². The third-order valence-corrected chi connectivity index (χ3v) is 3.72. The first-order valence-electron chi connectivity index (χ1n) is 8.60. The highest BCUT2D eigenvalue weighted by Gasteiger charge is 2.22. The fourth-order valence-electron chi connectivity index (χ4n) is 2.55. The molecular formula is C20H25N3O2. The van der Waals surface area contributed by atoms with Gasteiger partial charge in [0.05, 0.1) is 0 Å². The minimum Gasteiger partial charge on any atom is -0.352 e. The van der Waals surface area contributed by atoms with Crippen LogP contribution >= 0.6 is 0 Å². The lowest BCUT2D eigenvalue weighted by atomic mass is 10.0. The van der Waals surface area contributed by atoms with E-state index in [1.165, 1.54) is 0 Å². The summed E-state index contributed by atoms with van der Waals surface area (Å²) in [5, 5.41) is 5.72. The van der Waals surface area contributed by atoms with Crippen LogP contribution in [-0.2, 0) is 16.0 Å². The second-order valence-electron chi connectivity index (χ2n) is 6.29. The smallest absolute Gasteiger partial charge is 0.247 e. The SMILES string of the molecule is CC(C)NC(=O)C(NC(=O)CCCc1cccnc1)c1ccccc1. The van der Waals surface area contributed by atoms with Gasteiger partial charge in [0.2, 0.25) is 11.8 Å². The Morgan fingerprint density at radius 2 is 1.80 bits per heavy atom. The van der Waals surface area contributed by atoms with Gasteiger partial charge in [-0.2, -0.15) is 0 Å². The summed E-state index contributed by atoms with van der Waals surface area (Å²) in [4.78, 5) is 28.8. The number of rotatable bonds is 8. The van der Waals surface area contributed by atoms with Crippen molar-refractivity contribution in [1.29, 1.82) is 0 Å². The lowest BCUT2D eigenvalue weighted by molar-refractivity contribution is -0.129. The van der Waals surface area contributed by atoms with Crippen molar-refractivity contribution in [3.05, 3.63) is 66.0 Å². The Bertz CT molecular complexity index is 672. The van der Waals surface area contributed by atoms with Crippen molar-refractivity contribution < 1.29 is 9.59 Å². The summed E-state index contributed by atoms with van der Waals surface area (Å²) in [7, 11) is 0. The molecule has 2 rings (SSSR count). The van der Waals surface area contributed by atoms with Crippen molar-refractivity contribution in [1.82, 2.24) is 15.6 Å². The maximum Gasteiger partial charge on any atom is 0.247 e. The summed E-state index contributed by atoms with van der Waals surface area (Å²) >= 11 is 0. The van der Waals surface area contributed by atoms with Crippen molar-refractivity contribution in [3.63, 3.8) is 0 Å². The van der Waals surface area contributed by atoms with Gasteiger partial charge >= 0.3 is 0 Å². The molecule has 5 nitrogen and oxygen atoms in total. The average molecular weight is 339 g/mol. The van der Waals surface area contributed by atoms with E-state index in [0.29, 0.717) is 12.8 Å². The third-order valence-electron chi connectivity index (χ3n) is 3.72. The molecule has 0 spiro atoms. The van der Waals surface area contributed by atoms with Crippen LogP contribution in [0.15, 0.2) is 54.9 Å². The topological polar surface area (TPSA) is 71.1 Å². The van der Waals surface area contributed by atoms with Gasteiger partial charge in [-0.1, -0.05) is 36.4 Å². The Kier molecular flexibility index (Phi) is 7.14. The van der Waals surface area contributed by atoms with E-state index in [-0.39, 0.29) is 17.9 Å². The number of benzene rings is 1. The molecule has 0 saturated heterocycles. The van der Waals surface area contributed by atoms with Gasteiger partial charge in [-0.05, 0) is 43.9 Å². The Labute approximate surface area is 148 Å². The molecule has 25 heavy (non-hydrogen) atoms. The second kappa shape index (κ2) is 9.57. The van der Waals surface area contributed by atoms with Crippen LogP contribution in [-0.4, -0.2) is 22.8 Å². The van der Waals surface area contributed by atoms with Crippen LogP contribution in [0, 0.1) is 0 Å². The Morgan fingerprint density at radius 3 is 2.44 bits per heavy atom. The summed E-state index contributed by atoms with van der Waals surface area (Å²) in [5.74, 6) is -0.321. The van der Waals surface area contributed by atoms with E-state index in [9.17, 15) is 9.59 Å². The molecule has 0 aliphatic heterocycles. The molecule has 1 aromatic heterocycles. The quantitative estimate of drug-likeness (QED) is 0.777. The van der Waals surface area contributed by atoms with Crippen molar-refractivity contribution in [3.8, 4) is 0 Å². The molecule has 2 aromatic rings. The standard InChI is InChI=1S/C20H25N3O2/c1-15(2)22-20(25)19(17-10-4-3-5-11-17)23-18(24)12-6-8-16-9-7-13-21-14-16/h3-5,7,9-11,13-15,19H,6,8,12H2,1-2H3,(H,22,25)(H,23,24). The first-order chi connectivity index (χ1) is 12.1. The molecule has 2 amide bonds. The van der Waals surface area contributed by atoms with Crippen LogP contribution in [0.4, 0.5) is 0 Å². The van der Waals surface area contributed by atoms with Gasteiger partial charge in [0.25, 0.3) is 0 Å². The highest BCUT2D eigenvalue weighted by atomic mass is 16.2. The van der Waals surface area contributed by atoms with Crippen LogP contribution in [0.1, 0.15) is 43.9 Å². The molecule has 0 fully saturated rings. The van der Waals surface area contributed by atoms with Gasteiger partial charge in [-0.15, -0.1) is 0 Å². The normalized spacial score (nSPS) is 11.8. The van der Waals surface area contributed by atoms with Gasteiger partial charge in [0.15, 0.2) is 0 Å². The molecule has 1 atom stereocenters. The van der Waals surface area contributed by atoms with Crippen LogP contribution in [0.25, 0.3) is 0 Å². The summed E-state index contributed by atoms with van der Waals surface area (Å²) in [6, 6.07) is 12.5. The molecule has 1 unspecified atom stereocenters. The summed E-state index contributed by atoms with van der Waals surface area (Å²) in [6.07, 6.45) is 5.40. The zero-order valence-electron chi connectivity index (χ0n) is 14.7. The minimum atomic E-state index is -0.672. The number of carbonyl (C=O) groups excluding carboxylic acids is 2. The molecule has 0 aliphatic carbocycles. The third kappa shape index (κ3) is 6.37. The highest BCUT2D eigenvalue weighted by Crippen LogP contribution is 2.14. The second-order valence-corrected chi connectivity index (χ2v) is 6.29. The Morgan fingerprint density at radius 1 is 1.04 bits per heavy atom.